The lowest BCUT2D eigenvalue weighted by Gasteiger charge is -2.17. The minimum absolute atomic E-state index is 0.774. The van der Waals surface area contributed by atoms with E-state index in [4.69, 9.17) is 0 Å². The van der Waals surface area contributed by atoms with Crippen LogP contribution in [0.15, 0.2) is 12.1 Å². The van der Waals surface area contributed by atoms with E-state index in [-0.39, 0.29) is 0 Å². The van der Waals surface area contributed by atoms with Gasteiger partial charge >= 0.3 is 0 Å². The standard InChI is InChI=1S/C12H20N4/c1-9-6-10(9)8-16(3)12-5-4-11(7-13-2)14-15-12/h4-5,9-10,13H,6-8H2,1-3H3. The molecule has 0 bridgehead atoms. The van der Waals surface area contributed by atoms with Crippen LogP contribution in [-0.2, 0) is 6.54 Å². The molecule has 4 heteroatoms. The summed E-state index contributed by atoms with van der Waals surface area (Å²) in [5.74, 6) is 2.71. The summed E-state index contributed by atoms with van der Waals surface area (Å²) in [7, 11) is 4.00. The van der Waals surface area contributed by atoms with Crippen molar-refractivity contribution >= 4 is 5.82 Å². The lowest BCUT2D eigenvalue weighted by atomic mass is 10.3. The van der Waals surface area contributed by atoms with Gasteiger partial charge in [0.05, 0.1) is 5.69 Å². The molecule has 88 valence electrons. The molecule has 1 saturated carbocycles. The maximum atomic E-state index is 4.24. The van der Waals surface area contributed by atoms with Gasteiger partial charge in [-0.15, -0.1) is 5.10 Å². The van der Waals surface area contributed by atoms with Crippen LogP contribution in [0, 0.1) is 11.8 Å². The van der Waals surface area contributed by atoms with Gasteiger partial charge in [-0.2, -0.15) is 5.10 Å². The predicted molar refractivity (Wildman–Crippen MR) is 65.3 cm³/mol. The van der Waals surface area contributed by atoms with Crippen LogP contribution in [0.1, 0.15) is 19.0 Å². The Morgan fingerprint density at radius 2 is 2.19 bits per heavy atom. The third-order valence-corrected chi connectivity index (χ3v) is 3.24. The zero-order valence-electron chi connectivity index (χ0n) is 10.3. The lowest BCUT2D eigenvalue weighted by molar-refractivity contribution is 0.708. The lowest BCUT2D eigenvalue weighted by Crippen LogP contribution is -2.22. The Labute approximate surface area is 97.1 Å². The summed E-state index contributed by atoms with van der Waals surface area (Å²) in [5.41, 5.74) is 0.986. The molecule has 4 nitrogen and oxygen atoms in total. The van der Waals surface area contributed by atoms with Gasteiger partial charge in [-0.1, -0.05) is 6.92 Å². The molecule has 0 saturated heterocycles. The first-order valence-corrected chi connectivity index (χ1v) is 5.89. The molecule has 16 heavy (non-hydrogen) atoms. The Bertz CT molecular complexity index is 335. The summed E-state index contributed by atoms with van der Waals surface area (Å²) in [6.07, 6.45) is 1.36. The minimum atomic E-state index is 0.774. The fourth-order valence-corrected chi connectivity index (χ4v) is 1.93. The highest BCUT2D eigenvalue weighted by Crippen LogP contribution is 2.38. The molecule has 1 N–H and O–H groups in total. The van der Waals surface area contributed by atoms with Crippen LogP contribution < -0.4 is 10.2 Å². The molecule has 1 fully saturated rings. The van der Waals surface area contributed by atoms with Crippen LogP contribution in [0.4, 0.5) is 5.82 Å². The first-order valence-electron chi connectivity index (χ1n) is 5.89. The Balaban J connectivity index is 1.92. The molecular formula is C12H20N4. The predicted octanol–water partition coefficient (Wildman–Crippen LogP) is 1.29. The first-order chi connectivity index (χ1) is 7.70. The molecule has 1 aliphatic rings. The molecule has 2 atom stereocenters. The number of aromatic nitrogens is 2. The van der Waals surface area contributed by atoms with Crippen molar-refractivity contribution < 1.29 is 0 Å². The van der Waals surface area contributed by atoms with E-state index >= 15 is 0 Å². The molecule has 0 aliphatic heterocycles. The molecular weight excluding hydrogens is 200 g/mol. The number of nitrogens with one attached hydrogen (secondary N) is 1. The van der Waals surface area contributed by atoms with E-state index < -0.39 is 0 Å². The summed E-state index contributed by atoms with van der Waals surface area (Å²) in [6.45, 7) is 4.18. The highest BCUT2D eigenvalue weighted by atomic mass is 15.2. The van der Waals surface area contributed by atoms with E-state index in [1.165, 1.54) is 6.42 Å². The van der Waals surface area contributed by atoms with Crippen molar-refractivity contribution in [1.29, 1.82) is 0 Å². The molecule has 2 unspecified atom stereocenters. The summed E-state index contributed by atoms with van der Waals surface area (Å²) >= 11 is 0. The molecule has 0 spiro atoms. The third kappa shape index (κ3) is 2.70. The van der Waals surface area contributed by atoms with Gasteiger partial charge in [-0.05, 0) is 37.4 Å². The molecule has 0 radical (unpaired) electrons. The molecule has 1 aromatic rings. The molecule has 1 aromatic heterocycles. The summed E-state index contributed by atoms with van der Waals surface area (Å²) in [6, 6.07) is 4.08. The van der Waals surface area contributed by atoms with Gasteiger partial charge in [0.2, 0.25) is 0 Å². The number of hydrogen-bond acceptors (Lipinski definition) is 4. The van der Waals surface area contributed by atoms with Gasteiger partial charge in [-0.25, -0.2) is 0 Å². The zero-order valence-corrected chi connectivity index (χ0v) is 10.3. The van der Waals surface area contributed by atoms with Gasteiger partial charge in [-0.3, -0.25) is 0 Å². The topological polar surface area (TPSA) is 41.0 Å². The van der Waals surface area contributed by atoms with Crippen LogP contribution in [0.25, 0.3) is 0 Å². The average Bonchev–Trinajstić information content (AvgIpc) is 2.95. The second kappa shape index (κ2) is 4.78. The van der Waals surface area contributed by atoms with E-state index in [0.717, 1.165) is 36.4 Å². The van der Waals surface area contributed by atoms with Crippen LogP contribution in [0.2, 0.25) is 0 Å². The van der Waals surface area contributed by atoms with Crippen molar-refractivity contribution in [2.24, 2.45) is 11.8 Å². The summed E-state index contributed by atoms with van der Waals surface area (Å²) in [5, 5.41) is 11.5. The fraction of sp³-hybridized carbons (Fsp3) is 0.667. The second-order valence-corrected chi connectivity index (χ2v) is 4.77. The number of nitrogens with zero attached hydrogens (tertiary/aromatic N) is 3. The summed E-state index contributed by atoms with van der Waals surface area (Å²) < 4.78 is 0. The monoisotopic (exact) mass is 220 g/mol. The van der Waals surface area contributed by atoms with E-state index in [9.17, 15) is 0 Å². The molecule has 1 heterocycles. The highest BCUT2D eigenvalue weighted by molar-refractivity contribution is 5.36. The van der Waals surface area contributed by atoms with Crippen molar-refractivity contribution in [1.82, 2.24) is 15.5 Å². The maximum absolute atomic E-state index is 4.24. The number of hydrogen-bond donors (Lipinski definition) is 1. The van der Waals surface area contributed by atoms with Gasteiger partial charge in [0, 0.05) is 20.1 Å². The van der Waals surface area contributed by atoms with Gasteiger partial charge in [0.1, 0.15) is 0 Å². The second-order valence-electron chi connectivity index (χ2n) is 4.77. The van der Waals surface area contributed by atoms with Crippen LogP contribution in [0.3, 0.4) is 0 Å². The van der Waals surface area contributed by atoms with Crippen molar-refractivity contribution in [2.45, 2.75) is 19.9 Å². The van der Waals surface area contributed by atoms with Crippen molar-refractivity contribution in [3.05, 3.63) is 17.8 Å². The van der Waals surface area contributed by atoms with E-state index in [0.29, 0.717) is 0 Å². The molecule has 0 amide bonds. The van der Waals surface area contributed by atoms with Gasteiger partial charge in [0.25, 0.3) is 0 Å². The van der Waals surface area contributed by atoms with Crippen LogP contribution in [-0.4, -0.2) is 30.8 Å². The first kappa shape index (κ1) is 11.3. The Morgan fingerprint density at radius 3 is 2.69 bits per heavy atom. The van der Waals surface area contributed by atoms with E-state index in [1.54, 1.807) is 0 Å². The third-order valence-electron chi connectivity index (χ3n) is 3.24. The van der Waals surface area contributed by atoms with Crippen molar-refractivity contribution in [3.8, 4) is 0 Å². The smallest absolute Gasteiger partial charge is 0.150 e. The Morgan fingerprint density at radius 1 is 1.44 bits per heavy atom. The normalized spacial score (nSPS) is 23.2. The number of rotatable bonds is 5. The molecule has 2 rings (SSSR count). The Hall–Kier alpha value is -1.16. The van der Waals surface area contributed by atoms with Gasteiger partial charge in [0.15, 0.2) is 5.82 Å². The quantitative estimate of drug-likeness (QED) is 0.812. The maximum Gasteiger partial charge on any atom is 0.150 e. The summed E-state index contributed by atoms with van der Waals surface area (Å²) in [4.78, 5) is 2.20. The van der Waals surface area contributed by atoms with Crippen molar-refractivity contribution in [2.75, 3.05) is 25.5 Å². The highest BCUT2D eigenvalue weighted by Gasteiger charge is 2.33. The fourth-order valence-electron chi connectivity index (χ4n) is 1.93. The van der Waals surface area contributed by atoms with E-state index in [2.05, 4.69) is 34.4 Å². The Kier molecular flexibility index (Phi) is 3.39. The molecule has 0 aromatic carbocycles. The van der Waals surface area contributed by atoms with E-state index in [1.807, 2.05) is 19.2 Å². The number of anilines is 1. The average molecular weight is 220 g/mol. The molecule has 1 aliphatic carbocycles. The van der Waals surface area contributed by atoms with Crippen LogP contribution >= 0.6 is 0 Å². The van der Waals surface area contributed by atoms with Gasteiger partial charge < -0.3 is 10.2 Å². The van der Waals surface area contributed by atoms with Crippen LogP contribution in [0.5, 0.6) is 0 Å². The minimum Gasteiger partial charge on any atom is -0.358 e. The largest absolute Gasteiger partial charge is 0.358 e. The van der Waals surface area contributed by atoms with Crippen molar-refractivity contribution in [3.63, 3.8) is 0 Å². The SMILES string of the molecule is CNCc1ccc(N(C)CC2CC2C)nn1. The zero-order chi connectivity index (χ0) is 11.5.